The van der Waals surface area contributed by atoms with E-state index in [4.69, 9.17) is 0 Å². The van der Waals surface area contributed by atoms with E-state index in [9.17, 15) is 9.18 Å². The number of para-hydroxylation sites is 1. The normalized spacial score (nSPS) is 13.7. The predicted molar refractivity (Wildman–Crippen MR) is 99.6 cm³/mol. The molecule has 0 spiro atoms. The van der Waals surface area contributed by atoms with Crippen LogP contribution in [-0.4, -0.2) is 35.8 Å². The molecule has 2 aromatic carbocycles. The standard InChI is InChI=1S/C20H19FN4O/c1-14-12-17(22-25(14)16-6-4-3-5-7-16)20(26)24-11-10-23(2)18-9-8-15(21)13-19(18)24/h3-9,12-13H,10-11H2,1-2H3. The fourth-order valence-electron chi connectivity index (χ4n) is 3.29. The van der Waals surface area contributed by atoms with E-state index < -0.39 is 0 Å². The fourth-order valence-corrected chi connectivity index (χ4v) is 3.29. The highest BCUT2D eigenvalue weighted by atomic mass is 19.1. The molecule has 0 saturated carbocycles. The van der Waals surface area contributed by atoms with Crippen molar-refractivity contribution in [3.8, 4) is 5.69 Å². The Labute approximate surface area is 151 Å². The van der Waals surface area contributed by atoms with E-state index in [-0.39, 0.29) is 11.7 Å². The maximum absolute atomic E-state index is 13.8. The molecule has 0 saturated heterocycles. The van der Waals surface area contributed by atoms with Crippen LogP contribution in [-0.2, 0) is 0 Å². The van der Waals surface area contributed by atoms with E-state index >= 15 is 0 Å². The van der Waals surface area contributed by atoms with Crippen molar-refractivity contribution >= 4 is 17.3 Å². The number of amides is 1. The molecule has 132 valence electrons. The van der Waals surface area contributed by atoms with Crippen molar-refractivity contribution in [3.05, 3.63) is 71.8 Å². The zero-order valence-electron chi connectivity index (χ0n) is 14.7. The Hall–Kier alpha value is -3.15. The first kappa shape index (κ1) is 16.3. The van der Waals surface area contributed by atoms with Crippen LogP contribution in [0.4, 0.5) is 15.8 Å². The summed E-state index contributed by atoms with van der Waals surface area (Å²) in [6.07, 6.45) is 0. The summed E-state index contributed by atoms with van der Waals surface area (Å²) < 4.78 is 15.5. The summed E-state index contributed by atoms with van der Waals surface area (Å²) in [7, 11) is 1.94. The minimum Gasteiger partial charge on any atom is -0.371 e. The van der Waals surface area contributed by atoms with Crippen molar-refractivity contribution in [1.82, 2.24) is 9.78 Å². The number of hydrogen-bond donors (Lipinski definition) is 0. The van der Waals surface area contributed by atoms with Crippen molar-refractivity contribution in [2.45, 2.75) is 6.92 Å². The molecule has 0 fully saturated rings. The third-order valence-electron chi connectivity index (χ3n) is 4.65. The Balaban J connectivity index is 1.72. The number of likely N-dealkylation sites (N-methyl/N-ethyl adjacent to an activating group) is 1. The number of nitrogens with zero attached hydrogens (tertiary/aromatic N) is 4. The van der Waals surface area contributed by atoms with Crippen molar-refractivity contribution < 1.29 is 9.18 Å². The number of carbonyl (C=O) groups is 1. The lowest BCUT2D eigenvalue weighted by Crippen LogP contribution is -2.43. The smallest absolute Gasteiger partial charge is 0.278 e. The highest BCUT2D eigenvalue weighted by Gasteiger charge is 2.28. The van der Waals surface area contributed by atoms with Crippen LogP contribution in [0.1, 0.15) is 16.2 Å². The number of halogens is 1. The predicted octanol–water partition coefficient (Wildman–Crippen LogP) is 3.42. The Morgan fingerprint density at radius 2 is 1.81 bits per heavy atom. The lowest BCUT2D eigenvalue weighted by Gasteiger charge is -2.35. The minimum atomic E-state index is -0.358. The number of rotatable bonds is 2. The van der Waals surface area contributed by atoms with Gasteiger partial charge in [-0.2, -0.15) is 5.10 Å². The first-order chi connectivity index (χ1) is 12.5. The molecule has 2 heterocycles. The average molecular weight is 350 g/mol. The number of aromatic nitrogens is 2. The van der Waals surface area contributed by atoms with Gasteiger partial charge in [-0.05, 0) is 43.3 Å². The third-order valence-corrected chi connectivity index (χ3v) is 4.65. The molecule has 1 aliphatic rings. The summed E-state index contributed by atoms with van der Waals surface area (Å²) in [4.78, 5) is 16.7. The van der Waals surface area contributed by atoms with Gasteiger partial charge in [-0.3, -0.25) is 4.79 Å². The third kappa shape index (κ3) is 2.73. The first-order valence-electron chi connectivity index (χ1n) is 8.49. The average Bonchev–Trinajstić information content (AvgIpc) is 3.04. The largest absolute Gasteiger partial charge is 0.371 e. The summed E-state index contributed by atoms with van der Waals surface area (Å²) in [6.45, 7) is 3.08. The monoisotopic (exact) mass is 350 g/mol. The first-order valence-corrected chi connectivity index (χ1v) is 8.49. The van der Waals surface area contributed by atoms with E-state index in [0.717, 1.165) is 17.1 Å². The second-order valence-electron chi connectivity index (χ2n) is 6.43. The molecule has 3 aromatic rings. The lowest BCUT2D eigenvalue weighted by molar-refractivity contribution is 0.0981. The summed E-state index contributed by atoms with van der Waals surface area (Å²) in [5, 5.41) is 4.49. The molecule has 26 heavy (non-hydrogen) atoms. The van der Waals surface area contributed by atoms with Crippen molar-refractivity contribution in [2.24, 2.45) is 0 Å². The molecule has 5 nitrogen and oxygen atoms in total. The second kappa shape index (κ2) is 6.29. The lowest BCUT2D eigenvalue weighted by atomic mass is 10.1. The van der Waals surface area contributed by atoms with Gasteiger partial charge >= 0.3 is 0 Å². The summed E-state index contributed by atoms with van der Waals surface area (Å²) in [5.41, 5.74) is 3.54. The number of carbonyl (C=O) groups excluding carboxylic acids is 1. The number of anilines is 2. The Bertz CT molecular complexity index is 967. The summed E-state index contributed by atoms with van der Waals surface area (Å²) in [6, 6.07) is 16.0. The van der Waals surface area contributed by atoms with E-state index in [2.05, 4.69) is 5.10 Å². The van der Waals surface area contributed by atoms with Gasteiger partial charge in [0.2, 0.25) is 0 Å². The summed E-state index contributed by atoms with van der Waals surface area (Å²) in [5.74, 6) is -0.578. The van der Waals surface area contributed by atoms with Gasteiger partial charge in [-0.1, -0.05) is 18.2 Å². The van der Waals surface area contributed by atoms with E-state index in [0.29, 0.717) is 24.5 Å². The number of aryl methyl sites for hydroxylation is 1. The SMILES string of the molecule is Cc1cc(C(=O)N2CCN(C)c3ccc(F)cc32)nn1-c1ccccc1. The van der Waals surface area contributed by atoms with Crippen LogP contribution in [0.5, 0.6) is 0 Å². The van der Waals surface area contributed by atoms with Crippen molar-refractivity contribution in [1.29, 1.82) is 0 Å². The zero-order chi connectivity index (χ0) is 18.3. The number of hydrogen-bond acceptors (Lipinski definition) is 3. The molecule has 0 radical (unpaired) electrons. The number of benzene rings is 2. The molecule has 0 unspecified atom stereocenters. The molecule has 0 aliphatic carbocycles. The van der Waals surface area contributed by atoms with Crippen LogP contribution in [0.15, 0.2) is 54.6 Å². The van der Waals surface area contributed by atoms with Gasteiger partial charge in [0.05, 0.1) is 17.1 Å². The van der Waals surface area contributed by atoms with Crippen LogP contribution >= 0.6 is 0 Å². The molecule has 6 heteroatoms. The second-order valence-corrected chi connectivity index (χ2v) is 6.43. The Kier molecular flexibility index (Phi) is 3.95. The molecular formula is C20H19FN4O. The molecular weight excluding hydrogens is 331 g/mol. The molecule has 0 bridgehead atoms. The minimum absolute atomic E-state index is 0.220. The van der Waals surface area contributed by atoms with Crippen LogP contribution in [0.2, 0.25) is 0 Å². The van der Waals surface area contributed by atoms with Gasteiger partial charge in [0.15, 0.2) is 5.69 Å². The molecule has 1 aliphatic heterocycles. The highest BCUT2D eigenvalue weighted by Crippen LogP contribution is 2.33. The fraction of sp³-hybridized carbons (Fsp3) is 0.200. The van der Waals surface area contributed by atoms with Crippen LogP contribution in [0.25, 0.3) is 5.69 Å². The van der Waals surface area contributed by atoms with E-state index in [1.165, 1.54) is 12.1 Å². The van der Waals surface area contributed by atoms with Gasteiger partial charge < -0.3 is 9.80 Å². The molecule has 1 aromatic heterocycles. The zero-order valence-corrected chi connectivity index (χ0v) is 14.7. The quantitative estimate of drug-likeness (QED) is 0.711. The summed E-state index contributed by atoms with van der Waals surface area (Å²) >= 11 is 0. The molecule has 1 amide bonds. The van der Waals surface area contributed by atoms with Crippen molar-refractivity contribution in [3.63, 3.8) is 0 Å². The molecule has 0 N–H and O–H groups in total. The van der Waals surface area contributed by atoms with E-state index in [1.54, 1.807) is 21.7 Å². The maximum Gasteiger partial charge on any atom is 0.278 e. The van der Waals surface area contributed by atoms with Crippen molar-refractivity contribution in [2.75, 3.05) is 29.9 Å². The van der Waals surface area contributed by atoms with Gasteiger partial charge in [0, 0.05) is 25.8 Å². The molecule has 4 rings (SSSR count). The highest BCUT2D eigenvalue weighted by molar-refractivity contribution is 6.07. The number of fused-ring (bicyclic) bond motifs is 1. The van der Waals surface area contributed by atoms with Gasteiger partial charge in [-0.15, -0.1) is 0 Å². The van der Waals surface area contributed by atoms with Gasteiger partial charge in [-0.25, -0.2) is 9.07 Å². The topological polar surface area (TPSA) is 41.4 Å². The van der Waals surface area contributed by atoms with Crippen LogP contribution in [0.3, 0.4) is 0 Å². The van der Waals surface area contributed by atoms with Gasteiger partial charge in [0.25, 0.3) is 5.91 Å². The maximum atomic E-state index is 13.8. The Morgan fingerprint density at radius 1 is 1.04 bits per heavy atom. The Morgan fingerprint density at radius 3 is 2.58 bits per heavy atom. The van der Waals surface area contributed by atoms with Crippen LogP contribution in [0, 0.1) is 12.7 Å². The van der Waals surface area contributed by atoms with Gasteiger partial charge in [0.1, 0.15) is 5.82 Å². The van der Waals surface area contributed by atoms with Crippen LogP contribution < -0.4 is 9.80 Å². The molecule has 0 atom stereocenters. The van der Waals surface area contributed by atoms with E-state index in [1.807, 2.05) is 49.2 Å².